The average Bonchev–Trinajstić information content (AvgIpc) is 2.91. The molecule has 0 N–H and O–H groups in total. The van der Waals surface area contributed by atoms with Crippen LogP contribution in [0.5, 0.6) is 5.75 Å². The maximum absolute atomic E-state index is 12.2. The van der Waals surface area contributed by atoms with Crippen LogP contribution in [-0.2, 0) is 9.53 Å². The van der Waals surface area contributed by atoms with Crippen LogP contribution in [0.2, 0.25) is 0 Å². The van der Waals surface area contributed by atoms with E-state index < -0.39 is 0 Å². The Morgan fingerprint density at radius 3 is 2.78 bits per heavy atom. The lowest BCUT2D eigenvalue weighted by molar-refractivity contribution is -0.113. The standard InChI is InChI=1S/C17H20N2O3S/c1-12(2)22-14-6-4-3-5-13(14)11-15-16(20)18-17(23-15)19-7-9-21-10-8-19/h3-6,11-12H,7-10H2,1-2H3/b15-11+. The highest BCUT2D eigenvalue weighted by molar-refractivity contribution is 8.18. The summed E-state index contributed by atoms with van der Waals surface area (Å²) in [5.74, 6) is 0.596. The van der Waals surface area contributed by atoms with E-state index in [2.05, 4.69) is 9.89 Å². The zero-order chi connectivity index (χ0) is 16.2. The third-order valence-corrected chi connectivity index (χ3v) is 4.50. The molecule has 1 amide bonds. The molecule has 2 heterocycles. The second-order valence-corrected chi connectivity index (χ2v) is 6.62. The van der Waals surface area contributed by atoms with E-state index in [9.17, 15) is 4.79 Å². The normalized spacial score (nSPS) is 20.3. The molecule has 2 aliphatic heterocycles. The number of benzene rings is 1. The number of hydrogen-bond donors (Lipinski definition) is 0. The van der Waals surface area contributed by atoms with Gasteiger partial charge in [0.15, 0.2) is 5.17 Å². The lowest BCUT2D eigenvalue weighted by Crippen LogP contribution is -2.38. The molecule has 0 radical (unpaired) electrons. The maximum Gasteiger partial charge on any atom is 0.286 e. The van der Waals surface area contributed by atoms with E-state index in [4.69, 9.17) is 9.47 Å². The van der Waals surface area contributed by atoms with Crippen molar-refractivity contribution in [3.05, 3.63) is 34.7 Å². The third kappa shape index (κ3) is 3.95. The highest BCUT2D eigenvalue weighted by Crippen LogP contribution is 2.32. The quantitative estimate of drug-likeness (QED) is 0.797. The number of carbonyl (C=O) groups excluding carboxylic acids is 1. The summed E-state index contributed by atoms with van der Waals surface area (Å²) in [6, 6.07) is 7.73. The Labute approximate surface area is 140 Å². The fraction of sp³-hybridized carbons (Fsp3) is 0.412. The largest absolute Gasteiger partial charge is 0.490 e. The Bertz CT molecular complexity index is 649. The molecule has 1 fully saturated rings. The predicted molar refractivity (Wildman–Crippen MR) is 92.6 cm³/mol. The van der Waals surface area contributed by atoms with Crippen LogP contribution in [0.3, 0.4) is 0 Å². The molecule has 1 aromatic carbocycles. The maximum atomic E-state index is 12.2. The van der Waals surface area contributed by atoms with Crippen LogP contribution >= 0.6 is 11.8 Å². The average molecular weight is 332 g/mol. The first-order chi connectivity index (χ1) is 11.1. The van der Waals surface area contributed by atoms with Gasteiger partial charge in [0.25, 0.3) is 5.91 Å². The highest BCUT2D eigenvalue weighted by Gasteiger charge is 2.27. The van der Waals surface area contributed by atoms with E-state index in [1.54, 1.807) is 0 Å². The molecule has 1 aromatic rings. The topological polar surface area (TPSA) is 51.1 Å². The molecular formula is C17H20N2O3S. The molecule has 3 rings (SSSR count). The van der Waals surface area contributed by atoms with Crippen molar-refractivity contribution in [1.29, 1.82) is 0 Å². The van der Waals surface area contributed by atoms with Gasteiger partial charge in [0, 0.05) is 18.7 Å². The zero-order valence-corrected chi connectivity index (χ0v) is 14.1. The Balaban J connectivity index is 1.78. The van der Waals surface area contributed by atoms with E-state index in [0.717, 1.165) is 29.6 Å². The smallest absolute Gasteiger partial charge is 0.286 e. The Morgan fingerprint density at radius 2 is 2.04 bits per heavy atom. The highest BCUT2D eigenvalue weighted by atomic mass is 32.2. The van der Waals surface area contributed by atoms with Gasteiger partial charge in [-0.05, 0) is 37.8 Å². The summed E-state index contributed by atoms with van der Waals surface area (Å²) in [5, 5.41) is 0.770. The van der Waals surface area contributed by atoms with Crippen LogP contribution < -0.4 is 4.74 Å². The molecule has 23 heavy (non-hydrogen) atoms. The van der Waals surface area contributed by atoms with Gasteiger partial charge in [0.05, 0.1) is 24.2 Å². The van der Waals surface area contributed by atoms with Crippen LogP contribution in [0.25, 0.3) is 6.08 Å². The number of carbonyl (C=O) groups is 1. The number of aliphatic imine (C=N–C) groups is 1. The molecule has 0 spiro atoms. The third-order valence-electron chi connectivity index (χ3n) is 3.46. The molecule has 0 aliphatic carbocycles. The molecular weight excluding hydrogens is 312 g/mol. The molecule has 1 saturated heterocycles. The van der Waals surface area contributed by atoms with Crippen LogP contribution in [0.15, 0.2) is 34.2 Å². The van der Waals surface area contributed by atoms with Crippen molar-refractivity contribution in [2.75, 3.05) is 26.3 Å². The summed E-state index contributed by atoms with van der Waals surface area (Å²) in [5.41, 5.74) is 0.899. The number of thioether (sulfide) groups is 1. The van der Waals surface area contributed by atoms with Gasteiger partial charge < -0.3 is 14.4 Å². The molecule has 0 atom stereocenters. The van der Waals surface area contributed by atoms with Crippen LogP contribution in [0.1, 0.15) is 19.4 Å². The molecule has 0 unspecified atom stereocenters. The minimum Gasteiger partial charge on any atom is -0.490 e. The van der Waals surface area contributed by atoms with Gasteiger partial charge in [0.1, 0.15) is 5.75 Å². The van der Waals surface area contributed by atoms with Crippen LogP contribution in [-0.4, -0.2) is 48.4 Å². The minimum absolute atomic E-state index is 0.0849. The SMILES string of the molecule is CC(C)Oc1ccccc1/C=C1/SC(N2CCOCC2)=NC1=O. The van der Waals surface area contributed by atoms with Crippen molar-refractivity contribution in [3.8, 4) is 5.75 Å². The molecule has 0 bridgehead atoms. The van der Waals surface area contributed by atoms with E-state index in [0.29, 0.717) is 18.1 Å². The lowest BCUT2D eigenvalue weighted by Gasteiger charge is -2.27. The van der Waals surface area contributed by atoms with Crippen LogP contribution in [0.4, 0.5) is 0 Å². The van der Waals surface area contributed by atoms with Crippen molar-refractivity contribution in [2.45, 2.75) is 20.0 Å². The molecule has 6 heteroatoms. The van der Waals surface area contributed by atoms with Gasteiger partial charge in [0.2, 0.25) is 0 Å². The van der Waals surface area contributed by atoms with E-state index in [-0.39, 0.29) is 12.0 Å². The van der Waals surface area contributed by atoms with Gasteiger partial charge in [-0.15, -0.1) is 0 Å². The van der Waals surface area contributed by atoms with Gasteiger partial charge in [-0.2, -0.15) is 4.99 Å². The molecule has 0 saturated carbocycles. The van der Waals surface area contributed by atoms with Crippen LogP contribution in [0, 0.1) is 0 Å². The number of amides is 1. The second kappa shape index (κ2) is 7.19. The fourth-order valence-corrected chi connectivity index (χ4v) is 3.35. The first-order valence-corrected chi connectivity index (χ1v) is 8.56. The number of morpholine rings is 1. The monoisotopic (exact) mass is 332 g/mol. The fourth-order valence-electron chi connectivity index (χ4n) is 2.39. The Morgan fingerprint density at radius 1 is 1.30 bits per heavy atom. The van der Waals surface area contributed by atoms with Gasteiger partial charge >= 0.3 is 0 Å². The molecule has 122 valence electrons. The zero-order valence-electron chi connectivity index (χ0n) is 13.3. The van der Waals surface area contributed by atoms with Crippen molar-refractivity contribution < 1.29 is 14.3 Å². The summed E-state index contributed by atoms with van der Waals surface area (Å²) in [6.45, 7) is 6.88. The van der Waals surface area contributed by atoms with Crippen molar-refractivity contribution in [3.63, 3.8) is 0 Å². The Hall–Kier alpha value is -1.79. The van der Waals surface area contributed by atoms with Crippen molar-refractivity contribution >= 4 is 28.9 Å². The van der Waals surface area contributed by atoms with Gasteiger partial charge in [-0.1, -0.05) is 18.2 Å². The van der Waals surface area contributed by atoms with E-state index in [1.807, 2.05) is 44.2 Å². The van der Waals surface area contributed by atoms with Crippen molar-refractivity contribution in [1.82, 2.24) is 4.90 Å². The minimum atomic E-state index is -0.184. The number of amidine groups is 1. The van der Waals surface area contributed by atoms with Gasteiger partial charge in [-0.25, -0.2) is 0 Å². The second-order valence-electron chi connectivity index (χ2n) is 5.61. The predicted octanol–water partition coefficient (Wildman–Crippen LogP) is 2.78. The summed E-state index contributed by atoms with van der Waals surface area (Å²) in [6.07, 6.45) is 1.95. The molecule has 0 aromatic heterocycles. The van der Waals surface area contributed by atoms with E-state index in [1.165, 1.54) is 11.8 Å². The molecule has 2 aliphatic rings. The molecule has 5 nitrogen and oxygen atoms in total. The summed E-state index contributed by atoms with van der Waals surface area (Å²) >= 11 is 1.42. The first-order valence-electron chi connectivity index (χ1n) is 7.74. The number of para-hydroxylation sites is 1. The summed E-state index contributed by atoms with van der Waals surface area (Å²) in [4.78, 5) is 19.1. The van der Waals surface area contributed by atoms with Gasteiger partial charge in [-0.3, -0.25) is 4.79 Å². The summed E-state index contributed by atoms with van der Waals surface area (Å²) in [7, 11) is 0. The lowest BCUT2D eigenvalue weighted by atomic mass is 10.2. The number of rotatable bonds is 3. The Kier molecular flexibility index (Phi) is 5.03. The first kappa shape index (κ1) is 16.1. The number of ether oxygens (including phenoxy) is 2. The van der Waals surface area contributed by atoms with E-state index >= 15 is 0 Å². The number of nitrogens with zero attached hydrogens (tertiary/aromatic N) is 2. The summed E-state index contributed by atoms with van der Waals surface area (Å²) < 4.78 is 11.1. The van der Waals surface area contributed by atoms with Crippen molar-refractivity contribution in [2.24, 2.45) is 4.99 Å². The number of hydrogen-bond acceptors (Lipinski definition) is 5.